The summed E-state index contributed by atoms with van der Waals surface area (Å²) in [5, 5.41) is 6.27. The van der Waals surface area contributed by atoms with Crippen molar-refractivity contribution in [3.8, 4) is 0 Å². The fourth-order valence-electron chi connectivity index (χ4n) is 4.14. The summed E-state index contributed by atoms with van der Waals surface area (Å²) < 4.78 is 31.4. The van der Waals surface area contributed by atoms with Gasteiger partial charge in [0.25, 0.3) is 0 Å². The van der Waals surface area contributed by atoms with Crippen molar-refractivity contribution >= 4 is 42.8 Å². The van der Waals surface area contributed by atoms with Crippen LogP contribution in [0.1, 0.15) is 59.3 Å². The molecule has 2 aromatic rings. The molecule has 1 aromatic heterocycles. The van der Waals surface area contributed by atoms with Crippen molar-refractivity contribution < 1.29 is 8.42 Å². The zero-order valence-corrected chi connectivity index (χ0v) is 21.4. The molecule has 6 heteroatoms. The van der Waals surface area contributed by atoms with Gasteiger partial charge in [-0.25, -0.2) is 0 Å². The molecule has 0 N–H and O–H groups in total. The number of hydrogen-bond acceptors (Lipinski definition) is 3. The van der Waals surface area contributed by atoms with Crippen molar-refractivity contribution in [1.82, 2.24) is 9.78 Å². The number of sulfone groups is 1. The Hall–Kier alpha value is -0.561. The van der Waals surface area contributed by atoms with Gasteiger partial charge < -0.3 is 0 Å². The fraction of sp³-hybridized carbons (Fsp3) is 0.667. The van der Waals surface area contributed by atoms with E-state index in [1.807, 2.05) is 23.9 Å². The molecule has 1 aromatic carbocycles. The van der Waals surface area contributed by atoms with Gasteiger partial charge in [-0.3, -0.25) is 0 Å². The number of benzene rings is 1. The Morgan fingerprint density at radius 2 is 1.48 bits per heavy atom. The van der Waals surface area contributed by atoms with Gasteiger partial charge in [0, 0.05) is 0 Å². The zero-order valence-electron chi connectivity index (χ0n) is 17.7. The van der Waals surface area contributed by atoms with Crippen molar-refractivity contribution in [2.45, 2.75) is 77.5 Å². The molecule has 4 nitrogen and oxygen atoms in total. The van der Waals surface area contributed by atoms with E-state index < -0.39 is 28.2 Å². The molecule has 0 aliphatic heterocycles. The summed E-state index contributed by atoms with van der Waals surface area (Å²) in [6.45, 7) is 6.85. The first-order chi connectivity index (χ1) is 12.8. The minimum absolute atomic E-state index is 0.390. The van der Waals surface area contributed by atoms with Crippen molar-refractivity contribution in [3.63, 3.8) is 0 Å². The van der Waals surface area contributed by atoms with Gasteiger partial charge in [-0.2, -0.15) is 0 Å². The molecule has 152 valence electrons. The third-order valence-electron chi connectivity index (χ3n) is 5.78. The number of nitrogens with zero attached hydrogens (tertiary/aromatic N) is 2. The first kappa shape index (κ1) is 22.7. The number of unbranched alkanes of at least 4 members (excludes halogenated alkanes) is 3. The van der Waals surface area contributed by atoms with E-state index in [1.165, 1.54) is 67.2 Å². The third-order valence-corrected chi connectivity index (χ3v) is 22.0. The van der Waals surface area contributed by atoms with E-state index in [4.69, 9.17) is 5.10 Å². The summed E-state index contributed by atoms with van der Waals surface area (Å²) in [5.41, 5.74) is 0.971. The van der Waals surface area contributed by atoms with E-state index in [1.54, 1.807) is 6.07 Å². The predicted octanol–water partition coefficient (Wildman–Crippen LogP) is 5.03. The second-order valence-corrected chi connectivity index (χ2v) is 23.0. The van der Waals surface area contributed by atoms with Crippen LogP contribution in [0.2, 0.25) is 13.3 Å². The Kier molecular flexibility index (Phi) is 8.22. The molecule has 27 heavy (non-hydrogen) atoms. The molecule has 2 rings (SSSR count). The second kappa shape index (κ2) is 9.77. The molecule has 0 saturated heterocycles. The van der Waals surface area contributed by atoms with Gasteiger partial charge >= 0.3 is 170 Å². The summed E-state index contributed by atoms with van der Waals surface area (Å²) >= 11 is -2.65. The second-order valence-electron chi connectivity index (χ2n) is 8.01. The van der Waals surface area contributed by atoms with Crippen LogP contribution in [0.5, 0.6) is 0 Å². The van der Waals surface area contributed by atoms with Crippen LogP contribution in [0.3, 0.4) is 0 Å². The maximum atomic E-state index is 12.0. The monoisotopic (exact) mass is 500 g/mol. The SMILES string of the molecule is CCC[CH2][Sn]([CH2]CCC)([CH2]CCC)[c]1nn(C)c2cc(S(C)(=O)=O)ccc12. The van der Waals surface area contributed by atoms with Crippen LogP contribution >= 0.6 is 0 Å². The van der Waals surface area contributed by atoms with Crippen LogP contribution < -0.4 is 3.71 Å². The summed E-state index contributed by atoms with van der Waals surface area (Å²) in [7, 11) is -1.24. The van der Waals surface area contributed by atoms with Gasteiger partial charge in [0.05, 0.1) is 0 Å². The van der Waals surface area contributed by atoms with Gasteiger partial charge in [-0.15, -0.1) is 0 Å². The van der Waals surface area contributed by atoms with Gasteiger partial charge in [-0.1, -0.05) is 0 Å². The third kappa shape index (κ3) is 5.28. The maximum absolute atomic E-state index is 12.0. The number of fused-ring (bicyclic) bond motifs is 1. The van der Waals surface area contributed by atoms with Crippen molar-refractivity contribution in [2.75, 3.05) is 6.26 Å². The van der Waals surface area contributed by atoms with E-state index in [-0.39, 0.29) is 0 Å². The topological polar surface area (TPSA) is 52.0 Å². The summed E-state index contributed by atoms with van der Waals surface area (Å²) in [6, 6.07) is 5.62. The molecule has 0 amide bonds. The molecule has 0 aliphatic rings. The van der Waals surface area contributed by atoms with E-state index in [0.717, 1.165) is 5.52 Å². The standard InChI is InChI=1S/C9H9N2O2S.3C4H9.Sn/c1-11-9-5-8(14(2,12)13)4-3-7(9)6-10-11;3*1-3-4-2;/h3-5H,1-2H3;3*1,3-4H2,2H3;. The van der Waals surface area contributed by atoms with E-state index in [9.17, 15) is 8.42 Å². The predicted molar refractivity (Wildman–Crippen MR) is 118 cm³/mol. The molecule has 0 fully saturated rings. The van der Waals surface area contributed by atoms with Crippen LogP contribution in [0.4, 0.5) is 0 Å². The number of hydrogen-bond donors (Lipinski definition) is 0. The van der Waals surface area contributed by atoms with Crippen molar-refractivity contribution in [1.29, 1.82) is 0 Å². The van der Waals surface area contributed by atoms with Crippen LogP contribution in [0, 0.1) is 0 Å². The Labute approximate surface area is 169 Å². The van der Waals surface area contributed by atoms with Crippen LogP contribution in [-0.4, -0.2) is 42.8 Å². The zero-order chi connectivity index (χ0) is 20.1. The van der Waals surface area contributed by atoms with Gasteiger partial charge in [0.2, 0.25) is 0 Å². The normalized spacial score (nSPS) is 12.8. The average Bonchev–Trinajstić information content (AvgIpc) is 2.98. The first-order valence-corrected chi connectivity index (χ1v) is 19.8. The Balaban J connectivity index is 2.63. The first-order valence-electron chi connectivity index (χ1n) is 10.5. The Morgan fingerprint density at radius 1 is 0.963 bits per heavy atom. The molecule has 0 unspecified atom stereocenters. The summed E-state index contributed by atoms with van der Waals surface area (Å²) in [5.74, 6) is 0. The van der Waals surface area contributed by atoms with E-state index >= 15 is 0 Å². The van der Waals surface area contributed by atoms with Crippen molar-refractivity contribution in [2.24, 2.45) is 7.05 Å². The molecule has 0 bridgehead atoms. The summed E-state index contributed by atoms with van der Waals surface area (Å²) in [6.07, 6.45) is 8.87. The Bertz CT molecular complexity index is 837. The molecule has 0 atom stereocenters. The van der Waals surface area contributed by atoms with Gasteiger partial charge in [0.1, 0.15) is 0 Å². The molecule has 0 spiro atoms. The van der Waals surface area contributed by atoms with Gasteiger partial charge in [-0.05, 0) is 0 Å². The number of aromatic nitrogens is 2. The molecule has 1 heterocycles. The fourth-order valence-corrected chi connectivity index (χ4v) is 21.0. The van der Waals surface area contributed by atoms with E-state index in [2.05, 4.69) is 20.8 Å². The van der Waals surface area contributed by atoms with Crippen molar-refractivity contribution in [3.05, 3.63) is 18.2 Å². The molecule has 0 radical (unpaired) electrons. The minimum atomic E-state index is -3.20. The Morgan fingerprint density at radius 3 is 1.93 bits per heavy atom. The molecular weight excluding hydrogens is 463 g/mol. The van der Waals surface area contributed by atoms with E-state index in [0.29, 0.717) is 4.90 Å². The quantitative estimate of drug-likeness (QED) is 0.408. The number of rotatable bonds is 11. The molecule has 0 saturated carbocycles. The molecule has 0 aliphatic carbocycles. The summed E-state index contributed by atoms with van der Waals surface area (Å²) in [4.78, 5) is 0.390. The average molecular weight is 499 g/mol. The molecular formula is C21H36N2O2SSn. The number of aryl methyl sites for hydroxylation is 1. The van der Waals surface area contributed by atoms with Crippen LogP contribution in [0.15, 0.2) is 23.1 Å². The van der Waals surface area contributed by atoms with Crippen LogP contribution in [0.25, 0.3) is 10.9 Å². The van der Waals surface area contributed by atoms with Crippen LogP contribution in [-0.2, 0) is 16.9 Å². The van der Waals surface area contributed by atoms with Gasteiger partial charge in [0.15, 0.2) is 0 Å².